The second-order valence-electron chi connectivity index (χ2n) is 3.24. The highest BCUT2D eigenvalue weighted by Crippen LogP contribution is 2.05. The summed E-state index contributed by atoms with van der Waals surface area (Å²) in [5.74, 6) is -0.242. The normalized spacial score (nSPS) is 10.2. The van der Waals surface area contributed by atoms with Crippen molar-refractivity contribution in [3.63, 3.8) is 0 Å². The Kier molecular flexibility index (Phi) is 4.62. The number of hydrogen-bond donors (Lipinski definition) is 4. The van der Waals surface area contributed by atoms with Crippen molar-refractivity contribution in [2.24, 2.45) is 0 Å². The van der Waals surface area contributed by atoms with Crippen molar-refractivity contribution in [3.05, 3.63) is 11.9 Å². The van der Waals surface area contributed by atoms with Crippen LogP contribution in [-0.4, -0.2) is 34.4 Å². The fourth-order valence-electron chi connectivity index (χ4n) is 1.18. The summed E-state index contributed by atoms with van der Waals surface area (Å²) in [6, 6.07) is 0. The third-order valence-electron chi connectivity index (χ3n) is 2.02. The van der Waals surface area contributed by atoms with Crippen LogP contribution < -0.4 is 11.1 Å². The summed E-state index contributed by atoms with van der Waals surface area (Å²) < 4.78 is 0. The first-order valence-electron chi connectivity index (χ1n) is 4.93. The molecule has 1 amide bonds. The molecule has 0 aliphatic heterocycles. The van der Waals surface area contributed by atoms with Crippen molar-refractivity contribution in [2.45, 2.75) is 19.3 Å². The molecule has 0 unspecified atom stereocenters. The van der Waals surface area contributed by atoms with Crippen LogP contribution >= 0.6 is 0 Å². The fraction of sp³-hybridized carbons (Fsp3) is 0.556. The topological polar surface area (TPSA) is 104 Å². The molecule has 0 saturated heterocycles. The van der Waals surface area contributed by atoms with E-state index in [0.717, 1.165) is 19.3 Å². The van der Waals surface area contributed by atoms with Gasteiger partial charge in [0.15, 0.2) is 0 Å². The number of nitrogens with one attached hydrogen (secondary N) is 2. The molecule has 15 heavy (non-hydrogen) atoms. The number of carbonyl (C=O) groups is 1. The van der Waals surface area contributed by atoms with Gasteiger partial charge in [0, 0.05) is 13.2 Å². The van der Waals surface area contributed by atoms with E-state index < -0.39 is 0 Å². The zero-order valence-electron chi connectivity index (χ0n) is 8.49. The fourth-order valence-corrected chi connectivity index (χ4v) is 1.18. The van der Waals surface area contributed by atoms with Gasteiger partial charge in [-0.2, -0.15) is 5.10 Å². The number of nitrogens with two attached hydrogens (primary N) is 1. The number of aliphatic hydroxyl groups is 1. The molecule has 0 aromatic carbocycles. The first kappa shape index (κ1) is 11.5. The number of aromatic nitrogens is 2. The van der Waals surface area contributed by atoms with Crippen molar-refractivity contribution < 1.29 is 9.90 Å². The van der Waals surface area contributed by atoms with Crippen LogP contribution in [0.5, 0.6) is 0 Å². The van der Waals surface area contributed by atoms with E-state index in [-0.39, 0.29) is 12.5 Å². The monoisotopic (exact) mass is 212 g/mol. The summed E-state index contributed by atoms with van der Waals surface area (Å²) in [7, 11) is 0. The highest BCUT2D eigenvalue weighted by molar-refractivity contribution is 5.96. The van der Waals surface area contributed by atoms with Crippen molar-refractivity contribution in [2.75, 3.05) is 18.9 Å². The van der Waals surface area contributed by atoms with Crippen LogP contribution in [0.15, 0.2) is 6.20 Å². The van der Waals surface area contributed by atoms with Gasteiger partial charge in [0.25, 0.3) is 5.91 Å². The van der Waals surface area contributed by atoms with Gasteiger partial charge >= 0.3 is 0 Å². The number of rotatable bonds is 6. The van der Waals surface area contributed by atoms with Crippen LogP contribution in [-0.2, 0) is 0 Å². The molecule has 6 heteroatoms. The zero-order valence-corrected chi connectivity index (χ0v) is 8.49. The van der Waals surface area contributed by atoms with Crippen molar-refractivity contribution in [3.8, 4) is 0 Å². The zero-order chi connectivity index (χ0) is 11.1. The van der Waals surface area contributed by atoms with Gasteiger partial charge in [0.2, 0.25) is 0 Å². The molecule has 84 valence electrons. The summed E-state index contributed by atoms with van der Waals surface area (Å²) in [5.41, 5.74) is 6.16. The first-order chi connectivity index (χ1) is 7.25. The van der Waals surface area contributed by atoms with Gasteiger partial charge in [-0.15, -0.1) is 0 Å². The van der Waals surface area contributed by atoms with Gasteiger partial charge in [-0.25, -0.2) is 0 Å². The Morgan fingerprint density at radius 3 is 2.93 bits per heavy atom. The summed E-state index contributed by atoms with van der Waals surface area (Å²) in [5, 5.41) is 17.4. The van der Waals surface area contributed by atoms with Crippen molar-refractivity contribution in [1.29, 1.82) is 0 Å². The van der Waals surface area contributed by atoms with Crippen LogP contribution in [0.25, 0.3) is 0 Å². The van der Waals surface area contributed by atoms with Crippen LogP contribution in [0.4, 0.5) is 5.69 Å². The highest BCUT2D eigenvalue weighted by atomic mass is 16.2. The smallest absolute Gasteiger partial charge is 0.271 e. The van der Waals surface area contributed by atoms with Crippen molar-refractivity contribution >= 4 is 11.6 Å². The van der Waals surface area contributed by atoms with Crippen LogP contribution in [0, 0.1) is 0 Å². The van der Waals surface area contributed by atoms with E-state index >= 15 is 0 Å². The minimum Gasteiger partial charge on any atom is -0.396 e. The largest absolute Gasteiger partial charge is 0.396 e. The number of nitrogen functional groups attached to an aromatic ring is 1. The molecule has 0 aliphatic rings. The summed E-state index contributed by atoms with van der Waals surface area (Å²) in [6.07, 6.45) is 3.92. The molecular formula is C9H16N4O2. The Hall–Kier alpha value is -1.56. The average Bonchev–Trinajstić information content (AvgIpc) is 2.64. The van der Waals surface area contributed by atoms with E-state index in [2.05, 4.69) is 15.5 Å². The van der Waals surface area contributed by atoms with E-state index in [4.69, 9.17) is 10.8 Å². The lowest BCUT2D eigenvalue weighted by atomic mass is 10.2. The number of aliphatic hydroxyl groups excluding tert-OH is 1. The molecule has 1 heterocycles. The molecule has 6 nitrogen and oxygen atoms in total. The van der Waals surface area contributed by atoms with Gasteiger partial charge in [-0.05, 0) is 19.3 Å². The number of carbonyl (C=O) groups excluding carboxylic acids is 1. The lowest BCUT2D eigenvalue weighted by Crippen LogP contribution is -2.25. The van der Waals surface area contributed by atoms with Crippen LogP contribution in [0.2, 0.25) is 0 Å². The minimum atomic E-state index is -0.242. The number of unbranched alkanes of at least 4 members (excludes halogenated alkanes) is 2. The van der Waals surface area contributed by atoms with E-state index in [1.54, 1.807) is 0 Å². The molecule has 5 N–H and O–H groups in total. The van der Waals surface area contributed by atoms with Gasteiger partial charge in [-0.3, -0.25) is 9.89 Å². The minimum absolute atomic E-state index is 0.196. The molecule has 0 bridgehead atoms. The van der Waals surface area contributed by atoms with Gasteiger partial charge in [0.1, 0.15) is 5.69 Å². The van der Waals surface area contributed by atoms with Gasteiger partial charge in [0.05, 0.1) is 11.9 Å². The van der Waals surface area contributed by atoms with Gasteiger partial charge < -0.3 is 16.2 Å². The Morgan fingerprint density at radius 1 is 1.53 bits per heavy atom. The van der Waals surface area contributed by atoms with E-state index in [1.807, 2.05) is 0 Å². The van der Waals surface area contributed by atoms with Crippen LogP contribution in [0.3, 0.4) is 0 Å². The summed E-state index contributed by atoms with van der Waals surface area (Å²) in [4.78, 5) is 11.4. The maximum absolute atomic E-state index is 11.4. The number of nitrogens with zero attached hydrogens (tertiary/aromatic N) is 1. The van der Waals surface area contributed by atoms with E-state index in [0.29, 0.717) is 17.9 Å². The third-order valence-corrected chi connectivity index (χ3v) is 2.02. The Labute approximate surface area is 87.9 Å². The molecule has 1 aromatic heterocycles. The number of H-pyrrole nitrogens is 1. The second kappa shape index (κ2) is 6.02. The third kappa shape index (κ3) is 3.59. The van der Waals surface area contributed by atoms with E-state index in [9.17, 15) is 4.79 Å². The molecule has 1 rings (SSSR count). The molecule has 0 aliphatic carbocycles. The maximum Gasteiger partial charge on any atom is 0.271 e. The molecule has 1 aromatic rings. The second-order valence-corrected chi connectivity index (χ2v) is 3.24. The molecular weight excluding hydrogens is 196 g/mol. The SMILES string of the molecule is Nc1cn[nH]c1C(=O)NCCCCCO. The summed E-state index contributed by atoms with van der Waals surface area (Å²) >= 11 is 0. The van der Waals surface area contributed by atoms with E-state index in [1.165, 1.54) is 6.20 Å². The molecule has 0 saturated carbocycles. The number of amides is 1. The number of anilines is 1. The lowest BCUT2D eigenvalue weighted by Gasteiger charge is -2.03. The first-order valence-corrected chi connectivity index (χ1v) is 4.93. The Morgan fingerprint density at radius 2 is 2.33 bits per heavy atom. The van der Waals surface area contributed by atoms with Gasteiger partial charge in [-0.1, -0.05) is 0 Å². The lowest BCUT2D eigenvalue weighted by molar-refractivity contribution is 0.0948. The molecule has 0 fully saturated rings. The predicted molar refractivity (Wildman–Crippen MR) is 56.3 cm³/mol. The standard InChI is InChI=1S/C9H16N4O2/c10-7-6-12-13-8(7)9(15)11-4-2-1-3-5-14/h6,14H,1-5,10H2,(H,11,15)(H,12,13). The van der Waals surface area contributed by atoms with Crippen LogP contribution in [0.1, 0.15) is 29.8 Å². The Balaban J connectivity index is 2.22. The number of aromatic amines is 1. The predicted octanol–water partition coefficient (Wildman–Crippen LogP) is -0.116. The molecule has 0 spiro atoms. The highest BCUT2D eigenvalue weighted by Gasteiger charge is 2.09. The van der Waals surface area contributed by atoms with Crippen molar-refractivity contribution in [1.82, 2.24) is 15.5 Å². The average molecular weight is 212 g/mol. The quantitative estimate of drug-likeness (QED) is 0.493. The summed E-state index contributed by atoms with van der Waals surface area (Å²) in [6.45, 7) is 0.777. The number of hydrogen-bond acceptors (Lipinski definition) is 4. The molecule has 0 atom stereocenters. The molecule has 0 radical (unpaired) electrons. The Bertz CT molecular complexity index is 311. The maximum atomic E-state index is 11.4.